The van der Waals surface area contributed by atoms with Gasteiger partial charge in [-0.3, -0.25) is 4.79 Å². The quantitative estimate of drug-likeness (QED) is 0.207. The fourth-order valence-corrected chi connectivity index (χ4v) is 5.88. The minimum absolute atomic E-state index is 0.0342. The lowest BCUT2D eigenvalue weighted by atomic mass is 9.98. The molecule has 8 nitrogen and oxygen atoms in total. The van der Waals surface area contributed by atoms with E-state index in [0.29, 0.717) is 5.56 Å². The summed E-state index contributed by atoms with van der Waals surface area (Å²) < 4.78 is 41.0. The van der Waals surface area contributed by atoms with E-state index >= 15 is 0 Å². The Kier molecular flexibility index (Phi) is 8.07. The van der Waals surface area contributed by atoms with Crippen molar-refractivity contribution in [3.8, 4) is 16.9 Å². The van der Waals surface area contributed by atoms with Crippen LogP contribution in [0.1, 0.15) is 34.1 Å². The topological polar surface area (TPSA) is 108 Å². The second kappa shape index (κ2) is 11.9. The molecule has 1 amide bonds. The van der Waals surface area contributed by atoms with Gasteiger partial charge >= 0.3 is 22.2 Å². The number of carbonyl (C=O) groups is 2. The number of benzene rings is 4. The summed E-state index contributed by atoms with van der Waals surface area (Å²) in [7, 11) is -2.76. The number of hydrogen-bond donors (Lipinski definition) is 1. The van der Waals surface area contributed by atoms with Crippen molar-refractivity contribution in [2.45, 2.75) is 23.7 Å². The highest BCUT2D eigenvalue weighted by atomic mass is 32.2. The van der Waals surface area contributed by atoms with Crippen molar-refractivity contribution in [1.29, 1.82) is 0 Å². The minimum Gasteiger partial charge on any atom is -0.468 e. The molecule has 0 heterocycles. The Morgan fingerprint density at radius 3 is 2.00 bits per heavy atom. The van der Waals surface area contributed by atoms with E-state index in [-0.39, 0.29) is 29.7 Å². The molecule has 210 valence electrons. The van der Waals surface area contributed by atoms with Crippen LogP contribution in [0.5, 0.6) is 5.75 Å². The minimum atomic E-state index is -4.02. The van der Waals surface area contributed by atoms with Gasteiger partial charge in [0.05, 0.1) is 13.0 Å². The highest BCUT2D eigenvalue weighted by molar-refractivity contribution is 7.87. The maximum absolute atomic E-state index is 12.7. The van der Waals surface area contributed by atoms with Gasteiger partial charge in [0.1, 0.15) is 17.3 Å². The fraction of sp³-hybridized carbons (Fsp3) is 0.188. The smallest absolute Gasteiger partial charge is 0.407 e. The van der Waals surface area contributed by atoms with E-state index in [4.69, 9.17) is 13.7 Å². The Bertz CT molecular complexity index is 1620. The summed E-state index contributed by atoms with van der Waals surface area (Å²) in [6.45, 7) is 1.92. The molecule has 4 aromatic carbocycles. The Balaban J connectivity index is 1.22. The lowest BCUT2D eigenvalue weighted by Crippen LogP contribution is -2.33. The number of amides is 1. The first kappa shape index (κ1) is 27.9. The second-order valence-electron chi connectivity index (χ2n) is 9.70. The normalized spacial score (nSPS) is 13.0. The number of aryl methyl sites for hydroxylation is 1. The Morgan fingerprint density at radius 2 is 1.41 bits per heavy atom. The number of esters is 1. The van der Waals surface area contributed by atoms with E-state index in [1.165, 1.54) is 31.4 Å². The van der Waals surface area contributed by atoms with Gasteiger partial charge in [-0.05, 0) is 59.0 Å². The summed E-state index contributed by atoms with van der Waals surface area (Å²) in [5.74, 6) is -1.41. The molecular weight excluding hydrogens is 542 g/mol. The van der Waals surface area contributed by atoms with Gasteiger partial charge in [-0.2, -0.15) is 8.42 Å². The molecule has 0 bridgehead atoms. The SMILES string of the molecule is COC(=O)C(CNC(=O)OCC1c2ccccc2-c2ccccc21)c1ccc(OS(=O)(=O)c2ccc(C)cc2)cc1. The third-order valence-corrected chi connectivity index (χ3v) is 8.34. The number of carbonyl (C=O) groups excluding carboxylic acids is 2. The number of fused-ring (bicyclic) bond motifs is 3. The van der Waals surface area contributed by atoms with E-state index in [0.717, 1.165) is 27.8 Å². The largest absolute Gasteiger partial charge is 0.468 e. The molecule has 41 heavy (non-hydrogen) atoms. The molecule has 1 aliphatic carbocycles. The van der Waals surface area contributed by atoms with Crippen molar-refractivity contribution in [3.63, 3.8) is 0 Å². The third-order valence-electron chi connectivity index (χ3n) is 7.08. The van der Waals surface area contributed by atoms with Crippen molar-refractivity contribution in [3.05, 3.63) is 119 Å². The highest BCUT2D eigenvalue weighted by Gasteiger charge is 2.29. The van der Waals surface area contributed by atoms with Crippen LogP contribution in [0, 0.1) is 6.92 Å². The van der Waals surface area contributed by atoms with E-state index in [2.05, 4.69) is 17.4 Å². The molecule has 1 N–H and O–H groups in total. The van der Waals surface area contributed by atoms with Crippen molar-refractivity contribution >= 4 is 22.2 Å². The van der Waals surface area contributed by atoms with Gasteiger partial charge in [0, 0.05) is 12.5 Å². The lowest BCUT2D eigenvalue weighted by Gasteiger charge is -2.18. The van der Waals surface area contributed by atoms with Crippen LogP contribution >= 0.6 is 0 Å². The molecule has 1 atom stereocenters. The van der Waals surface area contributed by atoms with Crippen LogP contribution in [-0.4, -0.2) is 40.7 Å². The van der Waals surface area contributed by atoms with E-state index in [1.807, 2.05) is 43.3 Å². The lowest BCUT2D eigenvalue weighted by molar-refractivity contribution is -0.142. The first-order chi connectivity index (χ1) is 19.8. The number of hydrogen-bond acceptors (Lipinski definition) is 7. The molecule has 1 aliphatic rings. The van der Waals surface area contributed by atoms with Crippen LogP contribution in [0.3, 0.4) is 0 Å². The number of ether oxygens (including phenoxy) is 2. The van der Waals surface area contributed by atoms with E-state index in [9.17, 15) is 18.0 Å². The third kappa shape index (κ3) is 6.10. The molecule has 0 saturated heterocycles. The van der Waals surface area contributed by atoms with Gasteiger partial charge < -0.3 is 19.0 Å². The van der Waals surface area contributed by atoms with Gasteiger partial charge in [-0.25, -0.2) is 4.79 Å². The Labute approximate surface area is 239 Å². The number of nitrogens with one attached hydrogen (secondary N) is 1. The van der Waals surface area contributed by atoms with Crippen LogP contribution in [0.15, 0.2) is 102 Å². The molecule has 0 fully saturated rings. The first-order valence-electron chi connectivity index (χ1n) is 13.0. The summed E-state index contributed by atoms with van der Waals surface area (Å²) in [6, 6.07) is 28.4. The molecule has 0 aromatic heterocycles. The zero-order valence-corrected chi connectivity index (χ0v) is 23.4. The molecule has 0 radical (unpaired) electrons. The average Bonchev–Trinajstić information content (AvgIpc) is 3.30. The summed E-state index contributed by atoms with van der Waals surface area (Å²) in [5.41, 5.74) is 5.88. The molecule has 5 rings (SSSR count). The predicted molar refractivity (Wildman–Crippen MR) is 153 cm³/mol. The van der Waals surface area contributed by atoms with Crippen LogP contribution < -0.4 is 9.50 Å². The van der Waals surface area contributed by atoms with Crippen LogP contribution in [-0.2, 0) is 24.4 Å². The average molecular weight is 572 g/mol. The monoisotopic (exact) mass is 571 g/mol. The number of rotatable bonds is 9. The summed E-state index contributed by atoms with van der Waals surface area (Å²) in [6.07, 6.45) is -0.662. The molecule has 1 unspecified atom stereocenters. The number of methoxy groups -OCH3 is 1. The van der Waals surface area contributed by atoms with Crippen LogP contribution in [0.2, 0.25) is 0 Å². The first-order valence-corrected chi connectivity index (χ1v) is 14.5. The van der Waals surface area contributed by atoms with Gasteiger partial charge in [0.25, 0.3) is 0 Å². The van der Waals surface area contributed by atoms with Gasteiger partial charge in [-0.1, -0.05) is 78.4 Å². The molecule has 0 saturated carbocycles. The van der Waals surface area contributed by atoms with Gasteiger partial charge in [0.15, 0.2) is 0 Å². The van der Waals surface area contributed by atoms with E-state index in [1.54, 1.807) is 24.3 Å². The molecule has 4 aromatic rings. The summed E-state index contributed by atoms with van der Waals surface area (Å²) in [5, 5.41) is 2.66. The summed E-state index contributed by atoms with van der Waals surface area (Å²) >= 11 is 0. The van der Waals surface area contributed by atoms with Gasteiger partial charge in [0.2, 0.25) is 0 Å². The van der Waals surface area contributed by atoms with Crippen molar-refractivity contribution in [1.82, 2.24) is 5.32 Å². The van der Waals surface area contributed by atoms with Gasteiger partial charge in [-0.15, -0.1) is 0 Å². The maximum atomic E-state index is 12.7. The highest BCUT2D eigenvalue weighted by Crippen LogP contribution is 2.44. The van der Waals surface area contributed by atoms with Crippen molar-refractivity contribution in [2.24, 2.45) is 0 Å². The molecule has 9 heteroatoms. The fourth-order valence-electron chi connectivity index (χ4n) is 4.95. The van der Waals surface area contributed by atoms with Crippen molar-refractivity contribution in [2.75, 3.05) is 20.3 Å². The maximum Gasteiger partial charge on any atom is 0.407 e. The molecular formula is C32H29NO7S. The number of alkyl carbamates (subject to hydrolysis) is 1. The standard InChI is InChI=1S/C32H29NO7S/c1-21-11-17-24(18-12-21)41(36,37)40-23-15-13-22(14-16-23)29(31(34)38-2)19-33-32(35)39-20-30-27-9-5-3-7-25(27)26-8-4-6-10-28(26)30/h3-18,29-30H,19-20H2,1-2H3,(H,33,35). The van der Waals surface area contributed by atoms with Crippen LogP contribution in [0.4, 0.5) is 4.79 Å². The Hall–Kier alpha value is -4.63. The zero-order chi connectivity index (χ0) is 29.0. The van der Waals surface area contributed by atoms with Crippen molar-refractivity contribution < 1.29 is 31.7 Å². The Morgan fingerprint density at radius 1 is 0.829 bits per heavy atom. The van der Waals surface area contributed by atoms with E-state index < -0.39 is 28.1 Å². The molecule has 0 spiro atoms. The second-order valence-corrected chi connectivity index (χ2v) is 11.2. The molecule has 0 aliphatic heterocycles. The summed E-state index contributed by atoms with van der Waals surface area (Å²) in [4.78, 5) is 25.3. The van der Waals surface area contributed by atoms with Crippen LogP contribution in [0.25, 0.3) is 11.1 Å². The zero-order valence-electron chi connectivity index (χ0n) is 22.6. The predicted octanol–water partition coefficient (Wildman–Crippen LogP) is 5.56.